The Morgan fingerprint density at radius 3 is 2.61 bits per heavy atom. The number of carboxylic acid groups (broad SMARTS) is 1. The van der Waals surface area contributed by atoms with E-state index in [1.165, 1.54) is 19.1 Å². The molecule has 5 nitrogen and oxygen atoms in total. The van der Waals surface area contributed by atoms with E-state index < -0.39 is 22.7 Å². The summed E-state index contributed by atoms with van der Waals surface area (Å²) in [6.07, 6.45) is 0.793. The first-order valence-corrected chi connectivity index (χ1v) is 5.51. The van der Waals surface area contributed by atoms with Crippen molar-refractivity contribution in [1.82, 2.24) is 0 Å². The maximum atomic E-state index is 13.8. The third-order valence-corrected chi connectivity index (χ3v) is 3.77. The fourth-order valence-corrected chi connectivity index (χ4v) is 2.31. The Morgan fingerprint density at radius 1 is 1.56 bits per heavy atom. The van der Waals surface area contributed by atoms with Gasteiger partial charge < -0.3 is 10.8 Å². The summed E-state index contributed by atoms with van der Waals surface area (Å²) in [6, 6.07) is 3.52. The minimum atomic E-state index is -1.37. The lowest BCUT2D eigenvalue weighted by Gasteiger charge is -2.32. The van der Waals surface area contributed by atoms with Crippen LogP contribution in [-0.4, -0.2) is 11.1 Å². The minimum absolute atomic E-state index is 0.0134. The zero-order chi connectivity index (χ0) is 13.6. The molecule has 6 heteroatoms. The summed E-state index contributed by atoms with van der Waals surface area (Å²) in [6.45, 7) is 1.47. The second-order valence-corrected chi connectivity index (χ2v) is 4.85. The lowest BCUT2D eigenvalue weighted by Crippen LogP contribution is -2.47. The molecule has 0 radical (unpaired) electrons. The minimum Gasteiger partial charge on any atom is -0.481 e. The maximum Gasteiger partial charge on any atom is 0.311 e. The standard InChI is InChI=1S/C12H13FN2O3/c1-11(14,12(4-5-12)10(16)17)8-6-7(15-18)2-3-9(8)13/h2-3,6H,4-5,14H2,1H3,(H,16,17)/t11-/m1/s1. The molecule has 1 aliphatic rings. The number of nitroso groups, excluding NO2 is 1. The predicted molar refractivity (Wildman–Crippen MR) is 62.7 cm³/mol. The molecule has 96 valence electrons. The van der Waals surface area contributed by atoms with Gasteiger partial charge in [-0.05, 0) is 43.1 Å². The van der Waals surface area contributed by atoms with Crippen LogP contribution in [0.25, 0.3) is 0 Å². The SMILES string of the molecule is C[C@@](N)(c1cc(N=O)ccc1F)C1(C(=O)O)CC1. The molecule has 0 amide bonds. The fourth-order valence-electron chi connectivity index (χ4n) is 2.31. The van der Waals surface area contributed by atoms with Crippen LogP contribution in [-0.2, 0) is 10.3 Å². The number of carboxylic acids is 1. The summed E-state index contributed by atoms with van der Waals surface area (Å²) in [5, 5.41) is 11.9. The number of carbonyl (C=O) groups is 1. The number of rotatable bonds is 4. The first-order valence-electron chi connectivity index (χ1n) is 5.51. The van der Waals surface area contributed by atoms with Gasteiger partial charge in [-0.2, -0.15) is 0 Å². The maximum absolute atomic E-state index is 13.8. The van der Waals surface area contributed by atoms with Gasteiger partial charge in [-0.25, -0.2) is 4.39 Å². The van der Waals surface area contributed by atoms with Crippen molar-refractivity contribution in [1.29, 1.82) is 0 Å². The van der Waals surface area contributed by atoms with Crippen LogP contribution < -0.4 is 5.73 Å². The van der Waals surface area contributed by atoms with E-state index in [1.54, 1.807) is 0 Å². The fraction of sp³-hybridized carbons (Fsp3) is 0.417. The van der Waals surface area contributed by atoms with E-state index in [9.17, 15) is 19.2 Å². The van der Waals surface area contributed by atoms with Gasteiger partial charge in [-0.3, -0.25) is 4.79 Å². The Kier molecular flexibility index (Phi) is 2.70. The van der Waals surface area contributed by atoms with Crippen molar-refractivity contribution in [3.05, 3.63) is 34.5 Å². The van der Waals surface area contributed by atoms with E-state index in [4.69, 9.17) is 5.73 Å². The smallest absolute Gasteiger partial charge is 0.311 e. The number of aliphatic carboxylic acids is 1. The van der Waals surface area contributed by atoms with Gasteiger partial charge in [-0.15, -0.1) is 4.91 Å². The van der Waals surface area contributed by atoms with E-state index in [0.29, 0.717) is 12.8 Å². The molecular formula is C12H13FN2O3. The summed E-state index contributed by atoms with van der Waals surface area (Å²) in [5.74, 6) is -1.67. The van der Waals surface area contributed by atoms with Gasteiger partial charge in [-0.1, -0.05) is 0 Å². The molecule has 1 saturated carbocycles. The largest absolute Gasteiger partial charge is 0.481 e. The van der Waals surface area contributed by atoms with Crippen molar-refractivity contribution >= 4 is 11.7 Å². The highest BCUT2D eigenvalue weighted by molar-refractivity contribution is 5.80. The van der Waals surface area contributed by atoms with Crippen LogP contribution in [0.1, 0.15) is 25.3 Å². The zero-order valence-electron chi connectivity index (χ0n) is 9.81. The van der Waals surface area contributed by atoms with Crippen molar-refractivity contribution in [2.45, 2.75) is 25.3 Å². The third-order valence-electron chi connectivity index (χ3n) is 3.77. The molecule has 0 saturated heterocycles. The lowest BCUT2D eigenvalue weighted by atomic mass is 9.77. The average molecular weight is 252 g/mol. The summed E-state index contributed by atoms with van der Waals surface area (Å²) in [4.78, 5) is 21.7. The molecule has 0 bridgehead atoms. The van der Waals surface area contributed by atoms with Crippen molar-refractivity contribution in [2.75, 3.05) is 0 Å². The van der Waals surface area contributed by atoms with Gasteiger partial charge in [0.2, 0.25) is 0 Å². The molecule has 0 spiro atoms. The highest BCUT2D eigenvalue weighted by Gasteiger charge is 2.62. The predicted octanol–water partition coefficient (Wildman–Crippen LogP) is 2.26. The highest BCUT2D eigenvalue weighted by Crippen LogP contribution is 2.57. The van der Waals surface area contributed by atoms with Gasteiger partial charge >= 0.3 is 5.97 Å². The number of nitrogens with zero attached hydrogens (tertiary/aromatic N) is 1. The molecule has 1 aliphatic carbocycles. The lowest BCUT2D eigenvalue weighted by molar-refractivity contribution is -0.146. The van der Waals surface area contributed by atoms with Crippen molar-refractivity contribution in [2.24, 2.45) is 16.3 Å². The van der Waals surface area contributed by atoms with Crippen LogP contribution >= 0.6 is 0 Å². The van der Waals surface area contributed by atoms with E-state index >= 15 is 0 Å². The van der Waals surface area contributed by atoms with E-state index in [0.717, 1.165) is 6.07 Å². The van der Waals surface area contributed by atoms with E-state index in [1.807, 2.05) is 0 Å². The van der Waals surface area contributed by atoms with Crippen LogP contribution in [0, 0.1) is 16.1 Å². The van der Waals surface area contributed by atoms with Gasteiger partial charge in [0.1, 0.15) is 11.5 Å². The average Bonchev–Trinajstić information content (AvgIpc) is 3.10. The van der Waals surface area contributed by atoms with Crippen molar-refractivity contribution in [3.63, 3.8) is 0 Å². The van der Waals surface area contributed by atoms with E-state index in [2.05, 4.69) is 5.18 Å². The summed E-state index contributed by atoms with van der Waals surface area (Å²) in [5.41, 5.74) is 3.56. The molecule has 0 aromatic heterocycles. The molecule has 2 rings (SSSR count). The number of benzene rings is 1. The van der Waals surface area contributed by atoms with Gasteiger partial charge in [0.25, 0.3) is 0 Å². The molecular weight excluding hydrogens is 239 g/mol. The van der Waals surface area contributed by atoms with Crippen LogP contribution in [0.5, 0.6) is 0 Å². The number of halogens is 1. The molecule has 0 unspecified atom stereocenters. The Labute approximate surface area is 103 Å². The molecule has 0 heterocycles. The summed E-state index contributed by atoms with van der Waals surface area (Å²) < 4.78 is 13.8. The monoisotopic (exact) mass is 252 g/mol. The van der Waals surface area contributed by atoms with E-state index in [-0.39, 0.29) is 11.3 Å². The molecule has 18 heavy (non-hydrogen) atoms. The topological polar surface area (TPSA) is 92.8 Å². The number of hydrogen-bond acceptors (Lipinski definition) is 4. The number of hydrogen-bond donors (Lipinski definition) is 2. The second-order valence-electron chi connectivity index (χ2n) is 4.85. The molecule has 3 N–H and O–H groups in total. The Balaban J connectivity index is 2.53. The quantitative estimate of drug-likeness (QED) is 0.804. The molecule has 1 fully saturated rings. The molecule has 1 aromatic carbocycles. The molecule has 0 aliphatic heterocycles. The van der Waals surface area contributed by atoms with Crippen molar-refractivity contribution < 1.29 is 14.3 Å². The van der Waals surface area contributed by atoms with Crippen LogP contribution in [0.15, 0.2) is 23.4 Å². The van der Waals surface area contributed by atoms with Gasteiger partial charge in [0.05, 0.1) is 11.0 Å². The third kappa shape index (κ3) is 1.60. The first kappa shape index (κ1) is 12.6. The first-order chi connectivity index (χ1) is 8.35. The van der Waals surface area contributed by atoms with Gasteiger partial charge in [0.15, 0.2) is 0 Å². The van der Waals surface area contributed by atoms with Crippen LogP contribution in [0.3, 0.4) is 0 Å². The van der Waals surface area contributed by atoms with Gasteiger partial charge in [0, 0.05) is 5.56 Å². The molecule has 1 aromatic rings. The number of nitrogens with two attached hydrogens (primary N) is 1. The zero-order valence-corrected chi connectivity index (χ0v) is 9.81. The molecule has 1 atom stereocenters. The normalized spacial score (nSPS) is 19.9. The highest BCUT2D eigenvalue weighted by atomic mass is 19.1. The van der Waals surface area contributed by atoms with Crippen LogP contribution in [0.4, 0.5) is 10.1 Å². The summed E-state index contributed by atoms with van der Waals surface area (Å²) in [7, 11) is 0. The Bertz CT molecular complexity index is 524. The second kappa shape index (κ2) is 3.84. The Morgan fingerprint density at radius 2 is 2.17 bits per heavy atom. The summed E-state index contributed by atoms with van der Waals surface area (Å²) >= 11 is 0. The van der Waals surface area contributed by atoms with Crippen LogP contribution in [0.2, 0.25) is 0 Å². The van der Waals surface area contributed by atoms with Crippen molar-refractivity contribution in [3.8, 4) is 0 Å². The Hall–Kier alpha value is -1.82.